The second kappa shape index (κ2) is 7.83. The van der Waals surface area contributed by atoms with Crippen molar-refractivity contribution >= 4 is 12.0 Å². The molecule has 100 valence electrons. The van der Waals surface area contributed by atoms with Crippen molar-refractivity contribution < 1.29 is 14.3 Å². The van der Waals surface area contributed by atoms with E-state index in [0.717, 1.165) is 5.56 Å². The summed E-state index contributed by atoms with van der Waals surface area (Å²) in [4.78, 5) is 11.4. The molecular weight excluding hydrogens is 242 g/mol. The number of carbonyl (C=O) groups excluding carboxylic acids is 1. The second-order valence-electron chi connectivity index (χ2n) is 3.60. The van der Waals surface area contributed by atoms with Gasteiger partial charge in [-0.25, -0.2) is 0 Å². The lowest BCUT2D eigenvalue weighted by molar-refractivity contribution is -0.116. The average Bonchev–Trinajstić information content (AvgIpc) is 2.43. The van der Waals surface area contributed by atoms with E-state index in [9.17, 15) is 4.79 Å². The zero-order valence-electron chi connectivity index (χ0n) is 11.1. The van der Waals surface area contributed by atoms with Crippen LogP contribution in [0.3, 0.4) is 0 Å². The molecule has 0 heterocycles. The van der Waals surface area contributed by atoms with Gasteiger partial charge in [0.05, 0.1) is 20.3 Å². The number of carbonyl (C=O) groups is 1. The molecule has 1 amide bonds. The van der Waals surface area contributed by atoms with Crippen LogP contribution in [0.2, 0.25) is 0 Å². The van der Waals surface area contributed by atoms with Gasteiger partial charge in [0.15, 0.2) is 11.5 Å². The molecule has 1 aromatic rings. The number of amides is 1. The first kappa shape index (κ1) is 14.7. The third kappa shape index (κ3) is 4.76. The van der Waals surface area contributed by atoms with Crippen LogP contribution in [0.15, 0.2) is 24.3 Å². The van der Waals surface area contributed by atoms with Crippen molar-refractivity contribution in [2.24, 2.45) is 0 Å². The third-order valence-electron chi connectivity index (χ3n) is 2.28. The van der Waals surface area contributed by atoms with E-state index in [1.165, 1.54) is 6.08 Å². The molecule has 1 rings (SSSR count). The van der Waals surface area contributed by atoms with Crippen LogP contribution in [0.1, 0.15) is 12.5 Å². The van der Waals surface area contributed by atoms with Gasteiger partial charge in [-0.05, 0) is 30.7 Å². The fourth-order valence-electron chi connectivity index (χ4n) is 1.43. The van der Waals surface area contributed by atoms with Gasteiger partial charge in [-0.2, -0.15) is 0 Å². The summed E-state index contributed by atoms with van der Waals surface area (Å²) >= 11 is 0. The van der Waals surface area contributed by atoms with Crippen LogP contribution in [-0.2, 0) is 4.79 Å². The summed E-state index contributed by atoms with van der Waals surface area (Å²) < 4.78 is 10.6. The van der Waals surface area contributed by atoms with E-state index in [-0.39, 0.29) is 12.5 Å². The lowest BCUT2D eigenvalue weighted by atomic mass is 10.2. The molecule has 0 aliphatic carbocycles. The summed E-state index contributed by atoms with van der Waals surface area (Å²) in [5.41, 5.74) is 0.847. The summed E-state index contributed by atoms with van der Waals surface area (Å²) in [6.07, 6.45) is 8.16. The first-order valence-electron chi connectivity index (χ1n) is 5.91. The van der Waals surface area contributed by atoms with Crippen molar-refractivity contribution in [1.82, 2.24) is 5.32 Å². The van der Waals surface area contributed by atoms with Crippen molar-refractivity contribution in [3.05, 3.63) is 29.8 Å². The normalized spacial score (nSPS) is 9.95. The largest absolute Gasteiger partial charge is 0.493 e. The molecule has 0 saturated heterocycles. The zero-order chi connectivity index (χ0) is 14.1. The summed E-state index contributed by atoms with van der Waals surface area (Å²) in [6.45, 7) is 2.66. The highest BCUT2D eigenvalue weighted by Crippen LogP contribution is 2.28. The van der Waals surface area contributed by atoms with Gasteiger partial charge in [0, 0.05) is 6.08 Å². The molecule has 19 heavy (non-hydrogen) atoms. The molecule has 4 heteroatoms. The van der Waals surface area contributed by atoms with Crippen LogP contribution in [0, 0.1) is 12.3 Å². The van der Waals surface area contributed by atoms with Crippen LogP contribution in [-0.4, -0.2) is 26.2 Å². The highest BCUT2D eigenvalue weighted by molar-refractivity contribution is 5.91. The number of rotatable bonds is 6. The maximum absolute atomic E-state index is 11.4. The highest BCUT2D eigenvalue weighted by atomic mass is 16.5. The smallest absolute Gasteiger partial charge is 0.244 e. The van der Waals surface area contributed by atoms with Gasteiger partial charge >= 0.3 is 0 Å². The summed E-state index contributed by atoms with van der Waals surface area (Å²) in [5.74, 6) is 3.42. The van der Waals surface area contributed by atoms with E-state index >= 15 is 0 Å². The lowest BCUT2D eigenvalue weighted by Crippen LogP contribution is -2.20. The highest BCUT2D eigenvalue weighted by Gasteiger charge is 2.03. The van der Waals surface area contributed by atoms with Crippen molar-refractivity contribution in [2.45, 2.75) is 6.92 Å². The Bertz CT molecular complexity index is 501. The molecule has 0 radical (unpaired) electrons. The van der Waals surface area contributed by atoms with Gasteiger partial charge < -0.3 is 14.8 Å². The molecule has 1 N–H and O–H groups in total. The van der Waals surface area contributed by atoms with E-state index in [1.807, 2.05) is 19.1 Å². The topological polar surface area (TPSA) is 47.6 Å². The number of benzene rings is 1. The van der Waals surface area contributed by atoms with Crippen molar-refractivity contribution in [1.29, 1.82) is 0 Å². The fourth-order valence-corrected chi connectivity index (χ4v) is 1.43. The Kier molecular flexibility index (Phi) is 6.04. The molecular formula is C15H17NO3. The average molecular weight is 259 g/mol. The monoisotopic (exact) mass is 259 g/mol. The number of methoxy groups -OCH3 is 1. The molecule has 4 nitrogen and oxygen atoms in total. The molecule has 1 aromatic carbocycles. The predicted molar refractivity (Wildman–Crippen MR) is 75.0 cm³/mol. The molecule has 0 saturated carbocycles. The molecule has 0 atom stereocenters. The Morgan fingerprint density at radius 1 is 1.47 bits per heavy atom. The van der Waals surface area contributed by atoms with Gasteiger partial charge in [0.1, 0.15) is 0 Å². The molecule has 0 aliphatic rings. The van der Waals surface area contributed by atoms with Crippen LogP contribution in [0.25, 0.3) is 6.08 Å². The van der Waals surface area contributed by atoms with Gasteiger partial charge in [0.2, 0.25) is 5.91 Å². The van der Waals surface area contributed by atoms with E-state index in [2.05, 4.69) is 11.2 Å². The molecule has 0 aliphatic heterocycles. The predicted octanol–water partition coefficient (Wildman–Crippen LogP) is 1.86. The number of hydrogen-bond acceptors (Lipinski definition) is 3. The van der Waals surface area contributed by atoms with Gasteiger partial charge in [-0.1, -0.05) is 12.0 Å². The maximum Gasteiger partial charge on any atom is 0.244 e. The zero-order valence-corrected chi connectivity index (χ0v) is 11.1. The van der Waals surface area contributed by atoms with E-state index in [0.29, 0.717) is 18.1 Å². The summed E-state index contributed by atoms with van der Waals surface area (Å²) in [5, 5.41) is 2.55. The lowest BCUT2D eigenvalue weighted by Gasteiger charge is -2.09. The first-order chi connectivity index (χ1) is 9.21. The Morgan fingerprint density at radius 3 is 2.89 bits per heavy atom. The van der Waals surface area contributed by atoms with E-state index in [4.69, 9.17) is 15.9 Å². The molecule has 0 aromatic heterocycles. The fraction of sp³-hybridized carbons (Fsp3) is 0.267. The number of terminal acetylenes is 1. The molecule has 0 fully saturated rings. The van der Waals surface area contributed by atoms with Gasteiger partial charge in [0.25, 0.3) is 0 Å². The summed E-state index contributed by atoms with van der Waals surface area (Å²) in [7, 11) is 1.58. The van der Waals surface area contributed by atoms with Crippen molar-refractivity contribution in [3.8, 4) is 23.8 Å². The van der Waals surface area contributed by atoms with Crippen LogP contribution in [0.4, 0.5) is 0 Å². The van der Waals surface area contributed by atoms with Crippen molar-refractivity contribution in [3.63, 3.8) is 0 Å². The maximum atomic E-state index is 11.4. The van der Waals surface area contributed by atoms with Gasteiger partial charge in [-0.3, -0.25) is 4.79 Å². The van der Waals surface area contributed by atoms with E-state index < -0.39 is 0 Å². The number of nitrogens with one attached hydrogen (secondary N) is 1. The SMILES string of the molecule is C#CCNC(=O)/C=C/c1ccc(OC)c(OCC)c1. The Hall–Kier alpha value is -2.41. The van der Waals surface area contributed by atoms with Gasteiger partial charge in [-0.15, -0.1) is 6.42 Å². The standard InChI is InChI=1S/C15H17NO3/c1-4-10-16-15(17)9-7-12-6-8-13(18-3)14(11-12)19-5-2/h1,6-9,11H,5,10H2,2-3H3,(H,16,17)/b9-7+. The Morgan fingerprint density at radius 2 is 2.26 bits per heavy atom. The minimum atomic E-state index is -0.230. The van der Waals surface area contributed by atoms with Crippen LogP contribution in [0.5, 0.6) is 11.5 Å². The Balaban J connectivity index is 2.79. The minimum absolute atomic E-state index is 0.218. The summed E-state index contributed by atoms with van der Waals surface area (Å²) in [6, 6.07) is 5.45. The number of hydrogen-bond donors (Lipinski definition) is 1. The van der Waals surface area contributed by atoms with Crippen molar-refractivity contribution in [2.75, 3.05) is 20.3 Å². The molecule has 0 unspecified atom stereocenters. The number of ether oxygens (including phenoxy) is 2. The first-order valence-corrected chi connectivity index (χ1v) is 5.91. The van der Waals surface area contributed by atoms with Crippen LogP contribution >= 0.6 is 0 Å². The van der Waals surface area contributed by atoms with Crippen LogP contribution < -0.4 is 14.8 Å². The molecule has 0 spiro atoms. The molecule has 0 bridgehead atoms. The minimum Gasteiger partial charge on any atom is -0.493 e. The Labute approximate surface area is 113 Å². The van der Waals surface area contributed by atoms with E-state index in [1.54, 1.807) is 19.3 Å². The third-order valence-corrected chi connectivity index (χ3v) is 2.28. The quantitative estimate of drug-likeness (QED) is 0.626. The second-order valence-corrected chi connectivity index (χ2v) is 3.60.